The fraction of sp³-hybridized carbons (Fsp3) is 0.292. The maximum absolute atomic E-state index is 13.3. The summed E-state index contributed by atoms with van der Waals surface area (Å²) in [6.45, 7) is 3.88. The van der Waals surface area contributed by atoms with Gasteiger partial charge in [0.15, 0.2) is 5.11 Å². The Kier molecular flexibility index (Phi) is 8.78. The van der Waals surface area contributed by atoms with Crippen LogP contribution in [0.5, 0.6) is 0 Å². The van der Waals surface area contributed by atoms with E-state index in [1.54, 1.807) is 60.4 Å². The summed E-state index contributed by atoms with van der Waals surface area (Å²) in [5.41, 5.74) is 1.37. The van der Waals surface area contributed by atoms with Gasteiger partial charge in [0.25, 0.3) is 5.91 Å². The molecule has 2 aromatic carbocycles. The fourth-order valence-corrected chi connectivity index (χ4v) is 4.10. The monoisotopic (exact) mass is 516 g/mol. The number of nitrogens with zero attached hydrogens (tertiary/aromatic N) is 2. The van der Waals surface area contributed by atoms with E-state index in [0.29, 0.717) is 22.0 Å². The molecule has 3 rings (SSSR count). The van der Waals surface area contributed by atoms with E-state index in [1.165, 1.54) is 11.8 Å². The van der Waals surface area contributed by atoms with Gasteiger partial charge in [-0.05, 0) is 67.7 Å². The molecule has 0 unspecified atom stereocenters. The summed E-state index contributed by atoms with van der Waals surface area (Å²) in [5.74, 6) is -1.42. The smallest absolute Gasteiger partial charge is 0.338 e. The predicted molar refractivity (Wildman–Crippen MR) is 136 cm³/mol. The first-order valence-corrected chi connectivity index (χ1v) is 11.7. The van der Waals surface area contributed by atoms with Gasteiger partial charge < -0.3 is 20.3 Å². The molecule has 2 N–H and O–H groups in total. The quantitative estimate of drug-likeness (QED) is 0.389. The van der Waals surface area contributed by atoms with Gasteiger partial charge in [-0.2, -0.15) is 0 Å². The van der Waals surface area contributed by atoms with E-state index in [-0.39, 0.29) is 43.0 Å². The van der Waals surface area contributed by atoms with Crippen molar-refractivity contribution in [3.05, 3.63) is 59.1 Å². The third kappa shape index (κ3) is 6.55. The summed E-state index contributed by atoms with van der Waals surface area (Å²) in [7, 11) is 0. The molecule has 0 radical (unpaired) electrons. The summed E-state index contributed by atoms with van der Waals surface area (Å²) in [5, 5.41) is 6.17. The van der Waals surface area contributed by atoms with Gasteiger partial charge in [0.05, 0.1) is 24.3 Å². The van der Waals surface area contributed by atoms with E-state index in [4.69, 9.17) is 28.6 Å². The molecule has 35 heavy (non-hydrogen) atoms. The highest BCUT2D eigenvalue weighted by Gasteiger charge is 2.43. The number of benzene rings is 2. The van der Waals surface area contributed by atoms with Crippen molar-refractivity contribution in [1.82, 2.24) is 10.2 Å². The number of anilines is 2. The molecule has 0 bridgehead atoms. The minimum absolute atomic E-state index is 0.164. The van der Waals surface area contributed by atoms with Crippen LogP contribution in [0.3, 0.4) is 0 Å². The zero-order chi connectivity index (χ0) is 25.5. The standard InChI is InChI=1S/C24H25ClN4O5S/c1-3-34-23(33)16-4-8-18(9-5-16)27-21(31)14-20-22(32)29(19-10-6-17(25)7-11-19)24(35)28(20)13-12-26-15(2)30/h4-11,20H,3,12-14H2,1-2H3,(H,26,30)(H,27,31)/t20-/m0/s1. The van der Waals surface area contributed by atoms with Crippen molar-refractivity contribution in [2.24, 2.45) is 0 Å². The summed E-state index contributed by atoms with van der Waals surface area (Å²) in [4.78, 5) is 52.3. The first-order chi connectivity index (χ1) is 16.7. The van der Waals surface area contributed by atoms with Crippen LogP contribution in [0.15, 0.2) is 48.5 Å². The van der Waals surface area contributed by atoms with Crippen molar-refractivity contribution in [2.45, 2.75) is 26.3 Å². The molecular formula is C24H25ClN4O5S. The van der Waals surface area contributed by atoms with E-state index < -0.39 is 17.9 Å². The molecule has 1 saturated heterocycles. The van der Waals surface area contributed by atoms with Crippen LogP contribution in [-0.2, 0) is 19.1 Å². The van der Waals surface area contributed by atoms with Crippen LogP contribution in [-0.4, -0.2) is 59.4 Å². The van der Waals surface area contributed by atoms with Gasteiger partial charge in [-0.25, -0.2) is 4.79 Å². The average Bonchev–Trinajstić information content (AvgIpc) is 3.04. The number of rotatable bonds is 9. The Morgan fingerprint density at radius 3 is 2.34 bits per heavy atom. The number of halogens is 1. The van der Waals surface area contributed by atoms with Crippen molar-refractivity contribution in [2.75, 3.05) is 29.9 Å². The minimum atomic E-state index is -0.856. The molecule has 2 aromatic rings. The molecule has 1 fully saturated rings. The van der Waals surface area contributed by atoms with Gasteiger partial charge in [-0.1, -0.05) is 11.6 Å². The number of esters is 1. The Hall–Kier alpha value is -3.50. The van der Waals surface area contributed by atoms with E-state index in [1.807, 2.05) is 0 Å². The SMILES string of the molecule is CCOC(=O)c1ccc(NC(=O)C[C@H]2C(=O)N(c3ccc(Cl)cc3)C(=S)N2CCNC(C)=O)cc1. The van der Waals surface area contributed by atoms with Crippen LogP contribution >= 0.6 is 23.8 Å². The molecule has 1 heterocycles. The summed E-state index contributed by atoms with van der Waals surface area (Å²) >= 11 is 11.5. The first-order valence-electron chi connectivity index (χ1n) is 10.9. The highest BCUT2D eigenvalue weighted by Crippen LogP contribution is 2.28. The molecule has 9 nitrogen and oxygen atoms in total. The van der Waals surface area contributed by atoms with Gasteiger partial charge in [0.1, 0.15) is 6.04 Å². The Bertz CT molecular complexity index is 1120. The summed E-state index contributed by atoms with van der Waals surface area (Å²) in [6, 6.07) is 12.0. The molecule has 3 amide bonds. The highest BCUT2D eigenvalue weighted by atomic mass is 35.5. The number of amides is 3. The van der Waals surface area contributed by atoms with Crippen LogP contribution in [0.25, 0.3) is 0 Å². The maximum atomic E-state index is 13.3. The van der Waals surface area contributed by atoms with Crippen molar-refractivity contribution < 1.29 is 23.9 Å². The normalized spacial score (nSPS) is 15.2. The Morgan fingerprint density at radius 2 is 1.74 bits per heavy atom. The van der Waals surface area contributed by atoms with Crippen molar-refractivity contribution in [3.8, 4) is 0 Å². The maximum Gasteiger partial charge on any atom is 0.338 e. The van der Waals surface area contributed by atoms with E-state index >= 15 is 0 Å². The van der Waals surface area contributed by atoms with Crippen molar-refractivity contribution in [1.29, 1.82) is 0 Å². The van der Waals surface area contributed by atoms with Crippen LogP contribution in [0.2, 0.25) is 5.02 Å². The Balaban J connectivity index is 1.74. The van der Waals surface area contributed by atoms with Crippen LogP contribution in [0.4, 0.5) is 11.4 Å². The van der Waals surface area contributed by atoms with Crippen molar-refractivity contribution in [3.63, 3.8) is 0 Å². The number of carbonyl (C=O) groups is 4. The molecule has 1 aliphatic heterocycles. The number of hydrogen-bond donors (Lipinski definition) is 2. The van der Waals surface area contributed by atoms with Crippen LogP contribution < -0.4 is 15.5 Å². The third-order valence-electron chi connectivity index (χ3n) is 5.19. The zero-order valence-corrected chi connectivity index (χ0v) is 20.8. The second kappa shape index (κ2) is 11.8. The second-order valence-corrected chi connectivity index (χ2v) is 8.48. The third-order valence-corrected chi connectivity index (χ3v) is 5.86. The minimum Gasteiger partial charge on any atom is -0.462 e. The summed E-state index contributed by atoms with van der Waals surface area (Å²) < 4.78 is 4.95. The molecule has 1 atom stereocenters. The molecule has 0 spiro atoms. The molecular weight excluding hydrogens is 492 g/mol. The molecule has 11 heteroatoms. The molecule has 1 aliphatic rings. The lowest BCUT2D eigenvalue weighted by molar-refractivity contribution is -0.124. The van der Waals surface area contributed by atoms with Gasteiger partial charge in [-0.15, -0.1) is 0 Å². The fourth-order valence-electron chi connectivity index (χ4n) is 3.56. The largest absolute Gasteiger partial charge is 0.462 e. The second-order valence-electron chi connectivity index (χ2n) is 7.67. The molecule has 0 aromatic heterocycles. The number of hydrogen-bond acceptors (Lipinski definition) is 6. The first kappa shape index (κ1) is 26.1. The van der Waals surface area contributed by atoms with Gasteiger partial charge in [0, 0.05) is 30.7 Å². The van der Waals surface area contributed by atoms with E-state index in [2.05, 4.69) is 10.6 Å². The van der Waals surface area contributed by atoms with E-state index in [0.717, 1.165) is 0 Å². The number of carbonyl (C=O) groups excluding carboxylic acids is 4. The number of nitrogens with one attached hydrogen (secondary N) is 2. The lowest BCUT2D eigenvalue weighted by Crippen LogP contribution is -2.42. The highest BCUT2D eigenvalue weighted by molar-refractivity contribution is 7.80. The average molecular weight is 517 g/mol. The topological polar surface area (TPSA) is 108 Å². The lowest BCUT2D eigenvalue weighted by atomic mass is 10.1. The summed E-state index contributed by atoms with van der Waals surface area (Å²) in [6.07, 6.45) is -0.164. The number of ether oxygens (including phenoxy) is 1. The Morgan fingerprint density at radius 1 is 1.09 bits per heavy atom. The molecule has 0 saturated carbocycles. The zero-order valence-electron chi connectivity index (χ0n) is 19.2. The predicted octanol–water partition coefficient (Wildman–Crippen LogP) is 2.98. The van der Waals surface area contributed by atoms with E-state index in [9.17, 15) is 19.2 Å². The van der Waals surface area contributed by atoms with Crippen LogP contribution in [0, 0.1) is 0 Å². The van der Waals surface area contributed by atoms with Crippen molar-refractivity contribution >= 4 is 64.0 Å². The van der Waals surface area contributed by atoms with Gasteiger partial charge >= 0.3 is 5.97 Å². The van der Waals surface area contributed by atoms with Crippen LogP contribution in [0.1, 0.15) is 30.6 Å². The molecule has 0 aliphatic carbocycles. The molecule has 184 valence electrons. The van der Waals surface area contributed by atoms with Gasteiger partial charge in [0.2, 0.25) is 11.8 Å². The Labute approximate surface area is 213 Å². The lowest BCUT2D eigenvalue weighted by Gasteiger charge is -2.24. The number of thiocarbonyl (C=S) groups is 1. The van der Waals surface area contributed by atoms with Gasteiger partial charge in [-0.3, -0.25) is 19.3 Å².